The normalized spacial score (nSPS) is 14.4. The van der Waals surface area contributed by atoms with Crippen molar-refractivity contribution in [3.05, 3.63) is 35.6 Å². The molecule has 1 fully saturated rings. The average Bonchev–Trinajstić information content (AvgIpc) is 2.59. The van der Waals surface area contributed by atoms with Crippen LogP contribution in [0.3, 0.4) is 0 Å². The van der Waals surface area contributed by atoms with Crippen molar-refractivity contribution in [2.24, 2.45) is 0 Å². The van der Waals surface area contributed by atoms with Gasteiger partial charge in [0.1, 0.15) is 5.82 Å². The molecule has 1 aromatic rings. The first-order chi connectivity index (χ1) is 11.5. The average molecular weight is 335 g/mol. The Morgan fingerprint density at radius 1 is 1.17 bits per heavy atom. The van der Waals surface area contributed by atoms with Crippen LogP contribution in [0, 0.1) is 5.82 Å². The molecule has 0 aliphatic carbocycles. The zero-order chi connectivity index (χ0) is 17.5. The minimum Gasteiger partial charge on any atom is -0.342 e. The molecule has 1 heterocycles. The number of piperazine rings is 1. The third-order valence-corrected chi connectivity index (χ3v) is 4.17. The Bertz CT molecular complexity index is 583. The molecule has 1 aromatic carbocycles. The number of amides is 3. The largest absolute Gasteiger partial charge is 0.342 e. The van der Waals surface area contributed by atoms with Crippen molar-refractivity contribution >= 4 is 18.2 Å². The van der Waals surface area contributed by atoms with Crippen molar-refractivity contribution in [1.82, 2.24) is 14.7 Å². The lowest BCUT2D eigenvalue weighted by Gasteiger charge is -2.34. The van der Waals surface area contributed by atoms with E-state index in [-0.39, 0.29) is 24.2 Å². The second kappa shape index (κ2) is 8.42. The highest BCUT2D eigenvalue weighted by Crippen LogP contribution is 2.06. The van der Waals surface area contributed by atoms with Gasteiger partial charge in [0, 0.05) is 39.6 Å². The highest BCUT2D eigenvalue weighted by molar-refractivity contribution is 5.84. The van der Waals surface area contributed by atoms with E-state index in [2.05, 4.69) is 0 Å². The van der Waals surface area contributed by atoms with Crippen molar-refractivity contribution in [3.8, 4) is 0 Å². The minimum atomic E-state index is -0.299. The van der Waals surface area contributed by atoms with E-state index in [1.165, 1.54) is 24.0 Å². The zero-order valence-corrected chi connectivity index (χ0v) is 13.8. The third-order valence-electron chi connectivity index (χ3n) is 4.17. The van der Waals surface area contributed by atoms with Crippen LogP contribution >= 0.6 is 0 Å². The van der Waals surface area contributed by atoms with Crippen molar-refractivity contribution in [1.29, 1.82) is 0 Å². The molecule has 1 saturated heterocycles. The summed E-state index contributed by atoms with van der Waals surface area (Å²) >= 11 is 0. The number of rotatable bonds is 6. The number of carbonyl (C=O) groups is 3. The second-order valence-corrected chi connectivity index (χ2v) is 5.84. The summed E-state index contributed by atoms with van der Waals surface area (Å²) in [4.78, 5) is 39.6. The molecule has 0 unspecified atom stereocenters. The highest BCUT2D eigenvalue weighted by Gasteiger charge is 2.22. The lowest BCUT2D eigenvalue weighted by Crippen LogP contribution is -2.51. The maximum atomic E-state index is 12.9. The number of benzene rings is 1. The molecule has 24 heavy (non-hydrogen) atoms. The van der Waals surface area contributed by atoms with Gasteiger partial charge in [-0.25, -0.2) is 4.39 Å². The molecule has 3 amide bonds. The van der Waals surface area contributed by atoms with Gasteiger partial charge in [0.2, 0.25) is 18.2 Å². The quantitative estimate of drug-likeness (QED) is 0.712. The first kappa shape index (κ1) is 17.9. The van der Waals surface area contributed by atoms with Crippen LogP contribution in [-0.4, -0.2) is 72.2 Å². The van der Waals surface area contributed by atoms with Crippen LogP contribution in [0.4, 0.5) is 4.39 Å². The van der Waals surface area contributed by atoms with E-state index in [0.717, 1.165) is 12.0 Å². The molecule has 1 aliphatic heterocycles. The Kier molecular flexibility index (Phi) is 6.28. The van der Waals surface area contributed by atoms with Crippen molar-refractivity contribution in [3.63, 3.8) is 0 Å². The molecule has 0 saturated carbocycles. The predicted octanol–water partition coefficient (Wildman–Crippen LogP) is 0.517. The van der Waals surface area contributed by atoms with Gasteiger partial charge in [-0.15, -0.1) is 0 Å². The Hall–Kier alpha value is -2.44. The van der Waals surface area contributed by atoms with Crippen LogP contribution in [-0.2, 0) is 20.8 Å². The van der Waals surface area contributed by atoms with E-state index in [0.29, 0.717) is 39.1 Å². The summed E-state index contributed by atoms with van der Waals surface area (Å²) in [6.45, 7) is 3.87. The van der Waals surface area contributed by atoms with Crippen molar-refractivity contribution in [2.45, 2.75) is 13.3 Å². The van der Waals surface area contributed by atoms with Gasteiger partial charge in [-0.3, -0.25) is 14.4 Å². The molecule has 0 spiro atoms. The summed E-state index contributed by atoms with van der Waals surface area (Å²) in [6.07, 6.45) is 1.35. The Balaban J connectivity index is 1.86. The van der Waals surface area contributed by atoms with Crippen molar-refractivity contribution < 1.29 is 18.8 Å². The van der Waals surface area contributed by atoms with Crippen molar-refractivity contribution in [2.75, 3.05) is 39.3 Å². The van der Waals surface area contributed by atoms with Crippen LogP contribution in [0.1, 0.15) is 12.5 Å². The predicted molar refractivity (Wildman–Crippen MR) is 86.6 cm³/mol. The fraction of sp³-hybridized carbons (Fsp3) is 0.471. The number of nitrogens with zero attached hydrogens (tertiary/aromatic N) is 3. The third kappa shape index (κ3) is 5.04. The number of hydrogen-bond donors (Lipinski definition) is 0. The van der Waals surface area contributed by atoms with Crippen LogP contribution in [0.25, 0.3) is 0 Å². The SMILES string of the molecule is CC(=O)N(CCc1ccc(F)cc1)CC(=O)N1CCN(C=O)CC1. The van der Waals surface area contributed by atoms with Crippen LogP contribution in [0.5, 0.6) is 0 Å². The molecule has 130 valence electrons. The molecule has 7 heteroatoms. The summed E-state index contributed by atoms with van der Waals surface area (Å²) in [5, 5.41) is 0. The van der Waals surface area contributed by atoms with E-state index in [4.69, 9.17) is 0 Å². The van der Waals surface area contributed by atoms with Gasteiger partial charge >= 0.3 is 0 Å². The Morgan fingerprint density at radius 2 is 1.79 bits per heavy atom. The highest BCUT2D eigenvalue weighted by atomic mass is 19.1. The zero-order valence-electron chi connectivity index (χ0n) is 13.8. The second-order valence-electron chi connectivity index (χ2n) is 5.84. The molecule has 0 bridgehead atoms. The van der Waals surface area contributed by atoms with E-state index < -0.39 is 0 Å². The van der Waals surface area contributed by atoms with Gasteiger partial charge in [-0.1, -0.05) is 12.1 Å². The Labute approximate surface area is 140 Å². The summed E-state index contributed by atoms with van der Waals surface area (Å²) in [7, 11) is 0. The lowest BCUT2D eigenvalue weighted by atomic mass is 10.1. The smallest absolute Gasteiger partial charge is 0.242 e. The molecule has 1 aliphatic rings. The number of hydrogen-bond acceptors (Lipinski definition) is 3. The maximum Gasteiger partial charge on any atom is 0.242 e. The summed E-state index contributed by atoms with van der Waals surface area (Å²) in [5.41, 5.74) is 0.912. The van der Waals surface area contributed by atoms with E-state index in [9.17, 15) is 18.8 Å². The minimum absolute atomic E-state index is 0.0254. The van der Waals surface area contributed by atoms with E-state index in [1.807, 2.05) is 0 Å². The molecule has 0 radical (unpaired) electrons. The maximum absolute atomic E-state index is 12.9. The first-order valence-electron chi connectivity index (χ1n) is 7.96. The molecule has 0 atom stereocenters. The molecule has 2 rings (SSSR count). The number of carbonyl (C=O) groups excluding carboxylic acids is 3. The van der Waals surface area contributed by atoms with Crippen LogP contribution < -0.4 is 0 Å². The first-order valence-corrected chi connectivity index (χ1v) is 7.96. The van der Waals surface area contributed by atoms with Gasteiger partial charge < -0.3 is 14.7 Å². The molecule has 0 N–H and O–H groups in total. The number of halogens is 1. The monoisotopic (exact) mass is 335 g/mol. The van der Waals surface area contributed by atoms with Gasteiger partial charge in [0.15, 0.2) is 0 Å². The molecular weight excluding hydrogens is 313 g/mol. The summed E-state index contributed by atoms with van der Waals surface area (Å²) in [5.74, 6) is -0.585. The van der Waals surface area contributed by atoms with E-state index >= 15 is 0 Å². The molecular formula is C17H22FN3O3. The van der Waals surface area contributed by atoms with Crippen LogP contribution in [0.2, 0.25) is 0 Å². The van der Waals surface area contributed by atoms with Gasteiger partial charge in [0.05, 0.1) is 6.54 Å². The summed E-state index contributed by atoms with van der Waals surface area (Å²) < 4.78 is 12.9. The Morgan fingerprint density at radius 3 is 2.33 bits per heavy atom. The molecule has 6 nitrogen and oxygen atoms in total. The standard InChI is InChI=1S/C17H22FN3O3/c1-14(23)21(7-6-15-2-4-16(18)5-3-15)12-17(24)20-10-8-19(13-22)9-11-20/h2-5,13H,6-12H2,1H3. The van der Waals surface area contributed by atoms with Gasteiger partial charge in [0.25, 0.3) is 0 Å². The lowest BCUT2D eigenvalue weighted by molar-refractivity contribution is -0.141. The van der Waals surface area contributed by atoms with Gasteiger partial charge in [-0.2, -0.15) is 0 Å². The molecule has 0 aromatic heterocycles. The fourth-order valence-corrected chi connectivity index (χ4v) is 2.60. The topological polar surface area (TPSA) is 60.9 Å². The fourth-order valence-electron chi connectivity index (χ4n) is 2.60. The van der Waals surface area contributed by atoms with Crippen LogP contribution in [0.15, 0.2) is 24.3 Å². The van der Waals surface area contributed by atoms with E-state index in [1.54, 1.807) is 21.9 Å². The summed E-state index contributed by atoms with van der Waals surface area (Å²) in [6, 6.07) is 6.11. The van der Waals surface area contributed by atoms with Gasteiger partial charge in [-0.05, 0) is 24.1 Å².